The summed E-state index contributed by atoms with van der Waals surface area (Å²) in [6.07, 6.45) is -4.84. The Labute approximate surface area is 186 Å². The summed E-state index contributed by atoms with van der Waals surface area (Å²) in [6, 6.07) is 7.13. The molecule has 0 saturated carbocycles. The first-order valence-electron chi connectivity index (χ1n) is 10.3. The van der Waals surface area contributed by atoms with Crippen LogP contribution in [0, 0.1) is 5.82 Å². The lowest BCUT2D eigenvalue weighted by Crippen LogP contribution is -2.38. The molecule has 3 aromatic rings. The number of morpholine rings is 1. The van der Waals surface area contributed by atoms with Crippen molar-refractivity contribution < 1.29 is 31.8 Å². The summed E-state index contributed by atoms with van der Waals surface area (Å²) in [5, 5.41) is 7.07. The summed E-state index contributed by atoms with van der Waals surface area (Å²) in [5.41, 5.74) is -1.31. The van der Waals surface area contributed by atoms with Crippen LogP contribution in [0.2, 0.25) is 0 Å². The van der Waals surface area contributed by atoms with Gasteiger partial charge in [-0.1, -0.05) is 12.1 Å². The lowest BCUT2D eigenvalue weighted by Gasteiger charge is -2.26. The van der Waals surface area contributed by atoms with Gasteiger partial charge < -0.3 is 14.8 Å². The number of fused-ring (bicyclic) bond motifs is 1. The summed E-state index contributed by atoms with van der Waals surface area (Å²) in [4.78, 5) is 15.2. The first-order chi connectivity index (χ1) is 15.8. The maximum absolute atomic E-state index is 13.4. The van der Waals surface area contributed by atoms with Crippen LogP contribution in [0.3, 0.4) is 0 Å². The normalized spacial score (nSPS) is 15.1. The van der Waals surface area contributed by atoms with Gasteiger partial charge in [-0.3, -0.25) is 14.4 Å². The van der Waals surface area contributed by atoms with Crippen molar-refractivity contribution in [1.29, 1.82) is 0 Å². The third-order valence-corrected chi connectivity index (χ3v) is 5.43. The Balaban J connectivity index is 1.67. The Morgan fingerprint density at radius 3 is 2.64 bits per heavy atom. The van der Waals surface area contributed by atoms with Crippen molar-refractivity contribution in [2.24, 2.45) is 0 Å². The molecular weight excluding hydrogens is 444 g/mol. The van der Waals surface area contributed by atoms with Gasteiger partial charge in [0.25, 0.3) is 5.91 Å². The van der Waals surface area contributed by atoms with Crippen LogP contribution in [0.25, 0.3) is 10.9 Å². The number of halogens is 4. The number of methoxy groups -OCH3 is 1. The number of rotatable bonds is 6. The van der Waals surface area contributed by atoms with E-state index in [1.807, 2.05) is 0 Å². The molecule has 0 aliphatic carbocycles. The largest absolute Gasteiger partial charge is 0.494 e. The summed E-state index contributed by atoms with van der Waals surface area (Å²) < 4.78 is 65.9. The minimum Gasteiger partial charge on any atom is -0.494 e. The molecule has 1 saturated heterocycles. The molecule has 176 valence electrons. The van der Waals surface area contributed by atoms with Crippen LogP contribution in [-0.4, -0.2) is 60.5 Å². The summed E-state index contributed by atoms with van der Waals surface area (Å²) in [6.45, 7) is 3.90. The molecule has 1 N–H and O–H groups in total. The van der Waals surface area contributed by atoms with Crippen molar-refractivity contribution in [3.05, 3.63) is 53.5 Å². The van der Waals surface area contributed by atoms with Crippen molar-refractivity contribution in [2.45, 2.75) is 12.7 Å². The van der Waals surface area contributed by atoms with E-state index in [9.17, 15) is 22.4 Å². The fourth-order valence-electron chi connectivity index (χ4n) is 3.80. The first kappa shape index (κ1) is 23.0. The zero-order valence-corrected chi connectivity index (χ0v) is 17.8. The van der Waals surface area contributed by atoms with Crippen molar-refractivity contribution in [3.8, 4) is 5.75 Å². The SMILES string of the molecule is COc1cccc2c(C(=O)Nc3ccc(F)cc3C(F)(F)F)nn(CCN3CCOCC3)c12. The zero-order valence-electron chi connectivity index (χ0n) is 17.8. The topological polar surface area (TPSA) is 68.6 Å². The van der Waals surface area contributed by atoms with E-state index >= 15 is 0 Å². The highest BCUT2D eigenvalue weighted by atomic mass is 19.4. The lowest BCUT2D eigenvalue weighted by molar-refractivity contribution is -0.137. The van der Waals surface area contributed by atoms with E-state index in [-0.39, 0.29) is 5.69 Å². The number of aromatic nitrogens is 2. The maximum Gasteiger partial charge on any atom is 0.418 e. The Hall–Kier alpha value is -3.18. The molecule has 7 nitrogen and oxygen atoms in total. The Morgan fingerprint density at radius 1 is 1.18 bits per heavy atom. The quantitative estimate of drug-likeness (QED) is 0.560. The van der Waals surface area contributed by atoms with E-state index in [1.54, 1.807) is 22.9 Å². The number of anilines is 1. The fourth-order valence-corrected chi connectivity index (χ4v) is 3.80. The van der Waals surface area contributed by atoms with Gasteiger partial charge in [0.1, 0.15) is 17.1 Å². The van der Waals surface area contributed by atoms with Gasteiger partial charge in [-0.15, -0.1) is 0 Å². The van der Waals surface area contributed by atoms with Crippen LogP contribution >= 0.6 is 0 Å². The molecule has 11 heteroatoms. The van der Waals surface area contributed by atoms with Gasteiger partial charge in [0.05, 0.1) is 38.1 Å². The van der Waals surface area contributed by atoms with E-state index in [4.69, 9.17) is 9.47 Å². The van der Waals surface area contributed by atoms with E-state index < -0.39 is 29.2 Å². The second kappa shape index (κ2) is 9.36. The molecule has 1 aliphatic heterocycles. The van der Waals surface area contributed by atoms with Crippen LogP contribution in [0.1, 0.15) is 16.1 Å². The molecule has 1 amide bonds. The number of nitrogens with one attached hydrogen (secondary N) is 1. The fraction of sp³-hybridized carbons (Fsp3) is 0.364. The number of hydrogen-bond acceptors (Lipinski definition) is 5. The molecule has 0 atom stereocenters. The van der Waals surface area contributed by atoms with Gasteiger partial charge in [-0.25, -0.2) is 4.39 Å². The molecule has 0 unspecified atom stereocenters. The minimum atomic E-state index is -4.84. The molecule has 4 rings (SSSR count). The molecule has 1 aromatic heterocycles. The molecule has 1 fully saturated rings. The zero-order chi connectivity index (χ0) is 23.6. The van der Waals surface area contributed by atoms with E-state index in [2.05, 4.69) is 15.3 Å². The summed E-state index contributed by atoms with van der Waals surface area (Å²) >= 11 is 0. The number of carbonyl (C=O) groups is 1. The number of alkyl halides is 3. The first-order valence-corrected chi connectivity index (χ1v) is 10.3. The second-order valence-corrected chi connectivity index (χ2v) is 7.52. The standard InChI is InChI=1S/C22H22F4N4O3/c1-32-18-4-2-3-15-19(28-30(20(15)18)8-7-29-9-11-33-12-10-29)21(31)27-17-6-5-14(23)13-16(17)22(24,25)26/h2-6,13H,7-12H2,1H3,(H,27,31). The van der Waals surface area contributed by atoms with Gasteiger partial charge in [-0.2, -0.15) is 18.3 Å². The van der Waals surface area contributed by atoms with Crippen LogP contribution in [0.15, 0.2) is 36.4 Å². The summed E-state index contributed by atoms with van der Waals surface area (Å²) in [7, 11) is 1.49. The van der Waals surface area contributed by atoms with E-state index in [0.717, 1.165) is 25.2 Å². The Bertz CT molecular complexity index is 1160. The molecule has 1 aliphatic rings. The van der Waals surface area contributed by atoms with E-state index in [1.165, 1.54) is 7.11 Å². The van der Waals surface area contributed by atoms with Gasteiger partial charge in [0.15, 0.2) is 5.69 Å². The van der Waals surface area contributed by atoms with Crippen molar-refractivity contribution in [3.63, 3.8) is 0 Å². The third kappa shape index (κ3) is 4.93. The molecular formula is C22H22F4N4O3. The monoisotopic (exact) mass is 466 g/mol. The van der Waals surface area contributed by atoms with Crippen LogP contribution in [-0.2, 0) is 17.5 Å². The number of para-hydroxylation sites is 1. The highest BCUT2D eigenvalue weighted by molar-refractivity contribution is 6.12. The van der Waals surface area contributed by atoms with Gasteiger partial charge >= 0.3 is 6.18 Å². The van der Waals surface area contributed by atoms with Gasteiger partial charge in [0.2, 0.25) is 0 Å². The number of carbonyl (C=O) groups excluding carboxylic acids is 1. The number of benzene rings is 2. The maximum atomic E-state index is 13.4. The average Bonchev–Trinajstić information content (AvgIpc) is 3.18. The van der Waals surface area contributed by atoms with Crippen molar-refractivity contribution in [2.75, 3.05) is 45.3 Å². The molecule has 33 heavy (non-hydrogen) atoms. The number of ether oxygens (including phenoxy) is 2. The van der Waals surface area contributed by atoms with Crippen LogP contribution < -0.4 is 10.1 Å². The molecule has 0 spiro atoms. The molecule has 0 radical (unpaired) electrons. The van der Waals surface area contributed by atoms with E-state index in [0.29, 0.717) is 49.0 Å². The highest BCUT2D eigenvalue weighted by Gasteiger charge is 2.35. The summed E-state index contributed by atoms with van der Waals surface area (Å²) in [5.74, 6) is -1.41. The van der Waals surface area contributed by atoms with Gasteiger partial charge in [0, 0.05) is 25.0 Å². The number of hydrogen-bond donors (Lipinski definition) is 1. The van der Waals surface area contributed by atoms with Crippen molar-refractivity contribution in [1.82, 2.24) is 14.7 Å². The number of amides is 1. The predicted molar refractivity (Wildman–Crippen MR) is 113 cm³/mol. The molecule has 2 aromatic carbocycles. The lowest BCUT2D eigenvalue weighted by atomic mass is 10.1. The number of nitrogens with zero attached hydrogens (tertiary/aromatic N) is 3. The van der Waals surface area contributed by atoms with Crippen LogP contribution in [0.4, 0.5) is 23.2 Å². The van der Waals surface area contributed by atoms with Gasteiger partial charge in [-0.05, 0) is 24.3 Å². The highest BCUT2D eigenvalue weighted by Crippen LogP contribution is 2.36. The third-order valence-electron chi connectivity index (χ3n) is 5.43. The Morgan fingerprint density at radius 2 is 1.94 bits per heavy atom. The smallest absolute Gasteiger partial charge is 0.418 e. The predicted octanol–water partition coefficient (Wildman–Crippen LogP) is 3.79. The van der Waals surface area contributed by atoms with Crippen LogP contribution in [0.5, 0.6) is 5.75 Å². The van der Waals surface area contributed by atoms with Crippen molar-refractivity contribution >= 4 is 22.5 Å². The molecule has 0 bridgehead atoms. The Kier molecular flexibility index (Phi) is 6.52. The minimum absolute atomic E-state index is 0.0525. The average molecular weight is 466 g/mol. The molecule has 2 heterocycles. The second-order valence-electron chi connectivity index (χ2n) is 7.52.